The summed E-state index contributed by atoms with van der Waals surface area (Å²) in [6.07, 6.45) is -4.51. The lowest BCUT2D eigenvalue weighted by molar-refractivity contribution is -0.153. The second-order valence-electron chi connectivity index (χ2n) is 6.07. The van der Waals surface area contributed by atoms with Gasteiger partial charge in [0.05, 0.1) is 28.4 Å². The van der Waals surface area contributed by atoms with Gasteiger partial charge in [0, 0.05) is 6.07 Å². The fourth-order valence-electron chi connectivity index (χ4n) is 2.37. The van der Waals surface area contributed by atoms with Crippen LogP contribution in [0.2, 0.25) is 0 Å². The minimum Gasteiger partial charge on any atom is -0.490 e. The Morgan fingerprint density at radius 1 is 1.17 bits per heavy atom. The normalized spacial score (nSPS) is 10.8. The van der Waals surface area contributed by atoms with Crippen LogP contribution in [0.15, 0.2) is 34.8 Å². The summed E-state index contributed by atoms with van der Waals surface area (Å²) in [5, 5.41) is 11.5. The van der Waals surface area contributed by atoms with Crippen LogP contribution in [0.5, 0.6) is 17.2 Å². The van der Waals surface area contributed by atoms with E-state index >= 15 is 0 Å². The Hall–Kier alpha value is -2.93. The van der Waals surface area contributed by atoms with Crippen LogP contribution in [0.1, 0.15) is 18.1 Å². The summed E-state index contributed by atoms with van der Waals surface area (Å²) in [6, 6.07) is 9.44. The average molecular weight is 487 g/mol. The van der Waals surface area contributed by atoms with Crippen molar-refractivity contribution in [2.24, 2.45) is 0 Å². The third-order valence-corrected chi connectivity index (χ3v) is 4.18. The number of hydrogen-bond acceptors (Lipinski definition) is 5. The average Bonchev–Trinajstić information content (AvgIpc) is 2.66. The van der Waals surface area contributed by atoms with E-state index in [2.05, 4.69) is 21.2 Å². The largest absolute Gasteiger partial charge is 0.490 e. The van der Waals surface area contributed by atoms with E-state index in [4.69, 9.17) is 19.5 Å². The van der Waals surface area contributed by atoms with Gasteiger partial charge in [-0.05, 0) is 53.5 Å². The second-order valence-corrected chi connectivity index (χ2v) is 6.92. The molecule has 10 heteroatoms. The molecule has 0 spiro atoms. The first-order chi connectivity index (χ1) is 14.1. The van der Waals surface area contributed by atoms with Crippen LogP contribution < -0.4 is 19.5 Å². The van der Waals surface area contributed by atoms with Crippen LogP contribution in [0.4, 0.5) is 18.9 Å². The Bertz CT molecular complexity index is 958. The van der Waals surface area contributed by atoms with Gasteiger partial charge in [-0.15, -0.1) is 0 Å². The van der Waals surface area contributed by atoms with E-state index in [1.54, 1.807) is 19.9 Å². The summed E-state index contributed by atoms with van der Waals surface area (Å²) < 4.78 is 53.6. The highest BCUT2D eigenvalue weighted by Gasteiger charge is 2.29. The van der Waals surface area contributed by atoms with E-state index in [-0.39, 0.29) is 22.9 Å². The maximum atomic E-state index is 12.5. The van der Waals surface area contributed by atoms with Crippen molar-refractivity contribution < 1.29 is 32.2 Å². The van der Waals surface area contributed by atoms with Crippen molar-refractivity contribution in [1.82, 2.24) is 0 Å². The molecule has 2 aromatic carbocycles. The highest BCUT2D eigenvalue weighted by Crippen LogP contribution is 2.37. The van der Waals surface area contributed by atoms with Crippen LogP contribution in [-0.2, 0) is 4.79 Å². The Morgan fingerprint density at radius 2 is 1.90 bits per heavy atom. The third-order valence-electron chi connectivity index (χ3n) is 3.59. The number of nitriles is 1. The number of alkyl halides is 3. The van der Waals surface area contributed by atoms with Gasteiger partial charge >= 0.3 is 6.18 Å². The van der Waals surface area contributed by atoms with E-state index < -0.39 is 25.3 Å². The molecule has 0 bridgehead atoms. The molecular weight excluding hydrogens is 469 g/mol. The molecule has 2 aromatic rings. The molecule has 0 saturated carbocycles. The highest BCUT2D eigenvalue weighted by molar-refractivity contribution is 9.10. The molecule has 0 fully saturated rings. The zero-order valence-corrected chi connectivity index (χ0v) is 17.7. The van der Waals surface area contributed by atoms with Crippen molar-refractivity contribution in [3.63, 3.8) is 0 Å². The Morgan fingerprint density at radius 3 is 2.53 bits per heavy atom. The zero-order valence-electron chi connectivity index (χ0n) is 16.1. The van der Waals surface area contributed by atoms with Gasteiger partial charge in [-0.25, -0.2) is 0 Å². The van der Waals surface area contributed by atoms with Crippen LogP contribution >= 0.6 is 15.9 Å². The first kappa shape index (κ1) is 23.3. The number of hydrogen-bond donors (Lipinski definition) is 1. The maximum Gasteiger partial charge on any atom is 0.422 e. The smallest absolute Gasteiger partial charge is 0.422 e. The fourth-order valence-corrected chi connectivity index (χ4v) is 2.93. The van der Waals surface area contributed by atoms with Gasteiger partial charge in [0.25, 0.3) is 5.91 Å². The second kappa shape index (κ2) is 10.2. The van der Waals surface area contributed by atoms with Crippen LogP contribution in [0.25, 0.3) is 0 Å². The molecule has 1 N–H and O–H groups in total. The van der Waals surface area contributed by atoms with Crippen LogP contribution in [0.3, 0.4) is 0 Å². The summed E-state index contributed by atoms with van der Waals surface area (Å²) in [5.41, 5.74) is 1.10. The molecule has 0 radical (unpaired) electrons. The van der Waals surface area contributed by atoms with Crippen molar-refractivity contribution in [2.45, 2.75) is 20.0 Å². The minimum absolute atomic E-state index is 0.0855. The molecule has 30 heavy (non-hydrogen) atoms. The molecule has 6 nitrogen and oxygen atoms in total. The van der Waals surface area contributed by atoms with E-state index in [0.29, 0.717) is 22.2 Å². The molecule has 160 valence electrons. The predicted molar refractivity (Wildman–Crippen MR) is 107 cm³/mol. The zero-order chi connectivity index (χ0) is 22.3. The fraction of sp³-hybridized carbons (Fsp3) is 0.300. The van der Waals surface area contributed by atoms with Crippen molar-refractivity contribution in [3.05, 3.63) is 45.9 Å². The molecular formula is C20H18BrF3N2O4. The summed E-state index contributed by atoms with van der Waals surface area (Å²) in [6.45, 7) is 1.83. The van der Waals surface area contributed by atoms with Gasteiger partial charge in [-0.2, -0.15) is 18.4 Å². The monoisotopic (exact) mass is 486 g/mol. The SMILES string of the molecule is CCOc1cc(C#N)cc(Br)c1OCC(=O)Nc1ccc(C)cc1OCC(F)(F)F. The standard InChI is InChI=1S/C20H18BrF3N2O4/c1-3-28-17-8-13(9-25)7-14(21)19(17)29-10-18(27)26-15-5-4-12(2)6-16(15)30-11-20(22,23)24/h4-8H,3,10-11H2,1-2H3,(H,26,27). The van der Waals surface area contributed by atoms with Gasteiger partial charge < -0.3 is 19.5 Å². The highest BCUT2D eigenvalue weighted by atomic mass is 79.9. The molecule has 0 unspecified atom stereocenters. The number of anilines is 1. The molecule has 0 aliphatic heterocycles. The third kappa shape index (κ3) is 6.84. The molecule has 0 saturated heterocycles. The molecule has 0 aliphatic carbocycles. The lowest BCUT2D eigenvalue weighted by Gasteiger charge is -2.16. The number of aryl methyl sites for hydroxylation is 1. The number of nitrogens with zero attached hydrogens (tertiary/aromatic N) is 1. The number of carbonyl (C=O) groups excluding carboxylic acids is 1. The molecule has 0 atom stereocenters. The molecule has 2 rings (SSSR count). The molecule has 0 heterocycles. The van der Waals surface area contributed by atoms with Crippen molar-refractivity contribution in [2.75, 3.05) is 25.1 Å². The first-order valence-electron chi connectivity index (χ1n) is 8.72. The molecule has 1 amide bonds. The quantitative estimate of drug-likeness (QED) is 0.568. The molecule has 0 aliphatic rings. The number of nitrogens with one attached hydrogen (secondary N) is 1. The predicted octanol–water partition coefficient (Wildman–Crippen LogP) is 4.99. The number of halogens is 4. The topological polar surface area (TPSA) is 80.6 Å². The van der Waals surface area contributed by atoms with Gasteiger partial charge in [-0.1, -0.05) is 6.07 Å². The number of benzene rings is 2. The van der Waals surface area contributed by atoms with Crippen molar-refractivity contribution in [3.8, 4) is 23.3 Å². The van der Waals surface area contributed by atoms with Crippen LogP contribution in [0, 0.1) is 18.3 Å². The number of carbonyl (C=O) groups is 1. The van der Waals surface area contributed by atoms with Gasteiger partial charge in [0.15, 0.2) is 24.7 Å². The Balaban J connectivity index is 2.11. The number of ether oxygens (including phenoxy) is 3. The maximum absolute atomic E-state index is 12.5. The lowest BCUT2D eigenvalue weighted by atomic mass is 10.2. The summed E-state index contributed by atoms with van der Waals surface area (Å²) in [5.74, 6) is -0.214. The summed E-state index contributed by atoms with van der Waals surface area (Å²) in [4.78, 5) is 12.3. The van der Waals surface area contributed by atoms with Crippen molar-refractivity contribution >= 4 is 27.5 Å². The first-order valence-corrected chi connectivity index (χ1v) is 9.51. The Labute approximate surface area is 179 Å². The van der Waals surface area contributed by atoms with Crippen molar-refractivity contribution in [1.29, 1.82) is 5.26 Å². The van der Waals surface area contributed by atoms with Gasteiger partial charge in [0.2, 0.25) is 0 Å². The number of rotatable bonds is 8. The minimum atomic E-state index is -4.51. The molecule has 0 aromatic heterocycles. The van der Waals surface area contributed by atoms with E-state index in [1.165, 1.54) is 24.3 Å². The lowest BCUT2D eigenvalue weighted by Crippen LogP contribution is -2.23. The van der Waals surface area contributed by atoms with Gasteiger partial charge in [0.1, 0.15) is 5.75 Å². The van der Waals surface area contributed by atoms with Crippen LogP contribution in [-0.4, -0.2) is 31.9 Å². The Kier molecular flexibility index (Phi) is 7.94. The summed E-state index contributed by atoms with van der Waals surface area (Å²) >= 11 is 3.27. The van der Waals surface area contributed by atoms with E-state index in [9.17, 15) is 18.0 Å². The summed E-state index contributed by atoms with van der Waals surface area (Å²) in [7, 11) is 0. The van der Waals surface area contributed by atoms with Gasteiger partial charge in [-0.3, -0.25) is 4.79 Å². The van der Waals surface area contributed by atoms with E-state index in [1.807, 2.05) is 6.07 Å². The number of amides is 1. The van der Waals surface area contributed by atoms with E-state index in [0.717, 1.165) is 0 Å².